The van der Waals surface area contributed by atoms with E-state index in [1.807, 2.05) is 12.1 Å². The molecular weight excluding hydrogens is 352 g/mol. The maximum Gasteiger partial charge on any atom is 0.254 e. The molecule has 0 bridgehead atoms. The molecule has 1 aliphatic rings. The van der Waals surface area contributed by atoms with Crippen LogP contribution in [-0.4, -0.2) is 26.3 Å². The van der Waals surface area contributed by atoms with Crippen molar-refractivity contribution in [3.8, 4) is 0 Å². The van der Waals surface area contributed by atoms with Crippen LogP contribution < -0.4 is 5.14 Å². The highest BCUT2D eigenvalue weighted by Gasteiger charge is 2.36. The third-order valence-corrected chi connectivity index (χ3v) is 6.01. The molecule has 0 aliphatic heterocycles. The average molecular weight is 376 g/mol. The molecule has 7 heteroatoms. The van der Waals surface area contributed by atoms with Crippen LogP contribution in [0.2, 0.25) is 0 Å². The van der Waals surface area contributed by atoms with Gasteiger partial charge >= 0.3 is 0 Å². The summed E-state index contributed by atoms with van der Waals surface area (Å²) in [5.74, 6) is 2.55. The first-order chi connectivity index (χ1) is 12.1. The van der Waals surface area contributed by atoms with Crippen LogP contribution in [0.15, 0.2) is 33.6 Å². The van der Waals surface area contributed by atoms with Gasteiger partial charge in [0.25, 0.3) is 5.91 Å². The molecule has 2 aromatic rings. The van der Waals surface area contributed by atoms with Crippen molar-refractivity contribution in [2.24, 2.45) is 11.1 Å². The van der Waals surface area contributed by atoms with Crippen LogP contribution in [-0.2, 0) is 16.6 Å². The van der Waals surface area contributed by atoms with E-state index in [1.165, 1.54) is 11.0 Å². The van der Waals surface area contributed by atoms with E-state index in [0.717, 1.165) is 12.2 Å². The van der Waals surface area contributed by atoms with Crippen LogP contribution in [0.5, 0.6) is 0 Å². The molecule has 0 radical (unpaired) electrons. The predicted molar refractivity (Wildman–Crippen MR) is 98.3 cm³/mol. The molecule has 1 aromatic carbocycles. The number of aryl methyl sites for hydroxylation is 2. The van der Waals surface area contributed by atoms with Gasteiger partial charge in [0.15, 0.2) is 0 Å². The minimum absolute atomic E-state index is 0.0251. The van der Waals surface area contributed by atoms with Crippen molar-refractivity contribution in [1.82, 2.24) is 4.90 Å². The lowest BCUT2D eigenvalue weighted by molar-refractivity contribution is 0.0774. The molecule has 1 heterocycles. The van der Waals surface area contributed by atoms with Gasteiger partial charge in [-0.3, -0.25) is 4.79 Å². The highest BCUT2D eigenvalue weighted by atomic mass is 32.2. The van der Waals surface area contributed by atoms with Gasteiger partial charge in [-0.2, -0.15) is 0 Å². The lowest BCUT2D eigenvalue weighted by Gasteiger charge is -2.18. The maximum absolute atomic E-state index is 12.8. The molecule has 1 saturated carbocycles. The lowest BCUT2D eigenvalue weighted by Crippen LogP contribution is -2.27. The summed E-state index contributed by atoms with van der Waals surface area (Å²) in [6.07, 6.45) is 1.14. The zero-order valence-electron chi connectivity index (χ0n) is 15.4. The third-order valence-electron chi connectivity index (χ3n) is 4.96. The van der Waals surface area contributed by atoms with Crippen LogP contribution in [0.25, 0.3) is 0 Å². The van der Waals surface area contributed by atoms with E-state index in [1.54, 1.807) is 27.0 Å². The SMILES string of the molecule is Cc1cc(C)c(S(N)(=O)=O)cc1C(=O)N(C)Cc1ccc([C@H]2C[C@H]2C)o1. The number of furan rings is 1. The van der Waals surface area contributed by atoms with E-state index in [-0.39, 0.29) is 10.8 Å². The van der Waals surface area contributed by atoms with Crippen LogP contribution in [0, 0.1) is 19.8 Å². The van der Waals surface area contributed by atoms with Crippen molar-refractivity contribution < 1.29 is 17.6 Å². The Bertz CT molecular complexity index is 962. The van der Waals surface area contributed by atoms with Gasteiger partial charge in [-0.1, -0.05) is 13.0 Å². The molecule has 0 unspecified atom stereocenters. The number of rotatable bonds is 5. The zero-order chi connectivity index (χ0) is 19.2. The first-order valence-corrected chi connectivity index (χ1v) is 10.1. The normalized spacial score (nSPS) is 19.4. The molecular formula is C19H24N2O4S. The molecule has 1 fully saturated rings. The molecule has 26 heavy (non-hydrogen) atoms. The van der Waals surface area contributed by atoms with E-state index in [2.05, 4.69) is 6.92 Å². The standard InChI is InChI=1S/C19H24N2O4S/c1-11-7-13(3)18(26(20,23)24)9-16(11)19(22)21(4)10-14-5-6-17(25-14)15-8-12(15)2/h5-7,9,12,15H,8,10H2,1-4H3,(H2,20,23,24)/t12-,15+/m1/s1. The van der Waals surface area contributed by atoms with Gasteiger partial charge in [0, 0.05) is 18.5 Å². The highest BCUT2D eigenvalue weighted by Crippen LogP contribution is 2.47. The third kappa shape index (κ3) is 3.68. The summed E-state index contributed by atoms with van der Waals surface area (Å²) in [6.45, 7) is 5.94. The molecule has 140 valence electrons. The topological polar surface area (TPSA) is 93.6 Å². The number of nitrogens with zero attached hydrogens (tertiary/aromatic N) is 1. The van der Waals surface area contributed by atoms with Crippen molar-refractivity contribution in [1.29, 1.82) is 0 Å². The van der Waals surface area contributed by atoms with E-state index in [0.29, 0.717) is 40.8 Å². The Balaban J connectivity index is 1.81. The number of amides is 1. The Morgan fingerprint density at radius 1 is 1.27 bits per heavy atom. The van der Waals surface area contributed by atoms with Crippen LogP contribution in [0.4, 0.5) is 0 Å². The summed E-state index contributed by atoms with van der Waals surface area (Å²) >= 11 is 0. The fourth-order valence-corrected chi connectivity index (χ4v) is 4.07. The second-order valence-corrected chi connectivity index (χ2v) is 8.79. The van der Waals surface area contributed by atoms with Gasteiger partial charge in [0.2, 0.25) is 10.0 Å². The summed E-state index contributed by atoms with van der Waals surface area (Å²) in [6, 6.07) is 6.89. The van der Waals surface area contributed by atoms with E-state index < -0.39 is 10.0 Å². The molecule has 0 saturated heterocycles. The minimum Gasteiger partial charge on any atom is -0.464 e. The maximum atomic E-state index is 12.8. The quantitative estimate of drug-likeness (QED) is 0.868. The number of hydrogen-bond donors (Lipinski definition) is 1. The zero-order valence-corrected chi connectivity index (χ0v) is 16.3. The number of sulfonamides is 1. The van der Waals surface area contributed by atoms with E-state index in [9.17, 15) is 13.2 Å². The smallest absolute Gasteiger partial charge is 0.254 e. The van der Waals surface area contributed by atoms with E-state index in [4.69, 9.17) is 9.56 Å². The van der Waals surface area contributed by atoms with Gasteiger partial charge in [0.1, 0.15) is 11.5 Å². The number of hydrogen-bond acceptors (Lipinski definition) is 4. The number of nitrogens with two attached hydrogens (primary N) is 1. The number of primary sulfonamides is 1. The second kappa shape index (κ2) is 6.55. The Morgan fingerprint density at radius 2 is 1.92 bits per heavy atom. The Hall–Kier alpha value is -2.12. The summed E-state index contributed by atoms with van der Waals surface area (Å²) in [4.78, 5) is 14.3. The van der Waals surface area contributed by atoms with Crippen LogP contribution in [0.3, 0.4) is 0 Å². The Morgan fingerprint density at radius 3 is 2.50 bits per heavy atom. The van der Waals surface area contributed by atoms with Gasteiger partial charge in [-0.15, -0.1) is 0 Å². The Labute approximate surface area is 154 Å². The molecule has 3 rings (SSSR count). The Kier molecular flexibility index (Phi) is 4.71. The first kappa shape index (κ1) is 18.7. The molecule has 2 atom stereocenters. The fraction of sp³-hybridized carbons (Fsp3) is 0.421. The molecule has 2 N–H and O–H groups in total. The van der Waals surface area contributed by atoms with Crippen molar-refractivity contribution >= 4 is 15.9 Å². The molecule has 6 nitrogen and oxygen atoms in total. The predicted octanol–water partition coefficient (Wildman–Crippen LogP) is 2.94. The summed E-state index contributed by atoms with van der Waals surface area (Å²) in [5.41, 5.74) is 1.56. The summed E-state index contributed by atoms with van der Waals surface area (Å²) in [7, 11) is -2.22. The molecule has 1 amide bonds. The second-order valence-electron chi connectivity index (χ2n) is 7.26. The lowest BCUT2D eigenvalue weighted by atomic mass is 10.0. The van der Waals surface area contributed by atoms with Crippen molar-refractivity contribution in [2.45, 2.75) is 44.6 Å². The minimum atomic E-state index is -3.88. The van der Waals surface area contributed by atoms with Gasteiger partial charge < -0.3 is 9.32 Å². The van der Waals surface area contributed by atoms with Gasteiger partial charge in [-0.25, -0.2) is 13.6 Å². The monoisotopic (exact) mass is 376 g/mol. The van der Waals surface area contributed by atoms with Crippen molar-refractivity contribution in [3.05, 3.63) is 52.5 Å². The average Bonchev–Trinajstić information content (AvgIpc) is 3.07. The summed E-state index contributed by atoms with van der Waals surface area (Å²) < 4.78 is 29.3. The van der Waals surface area contributed by atoms with E-state index >= 15 is 0 Å². The summed E-state index contributed by atoms with van der Waals surface area (Å²) in [5, 5.41) is 5.26. The fourth-order valence-electron chi connectivity index (χ4n) is 3.28. The molecule has 1 aromatic heterocycles. The molecule has 0 spiro atoms. The van der Waals surface area contributed by atoms with Crippen molar-refractivity contribution in [3.63, 3.8) is 0 Å². The number of benzene rings is 1. The van der Waals surface area contributed by atoms with Crippen LogP contribution in [0.1, 0.15) is 52.3 Å². The largest absolute Gasteiger partial charge is 0.464 e. The van der Waals surface area contributed by atoms with Gasteiger partial charge in [0.05, 0.1) is 11.4 Å². The van der Waals surface area contributed by atoms with Gasteiger partial charge in [-0.05, 0) is 55.5 Å². The molecule has 1 aliphatic carbocycles. The van der Waals surface area contributed by atoms with Crippen molar-refractivity contribution in [2.75, 3.05) is 7.05 Å². The number of carbonyl (C=O) groups excluding carboxylic acids is 1. The van der Waals surface area contributed by atoms with Crippen LogP contribution >= 0.6 is 0 Å². The number of carbonyl (C=O) groups is 1. The highest BCUT2D eigenvalue weighted by molar-refractivity contribution is 7.89. The first-order valence-electron chi connectivity index (χ1n) is 8.56.